The van der Waals surface area contributed by atoms with Gasteiger partial charge in [-0.05, 0) is 86.7 Å². The molecule has 1 atom stereocenters. The van der Waals surface area contributed by atoms with Gasteiger partial charge in [-0.2, -0.15) is 0 Å². The predicted molar refractivity (Wildman–Crippen MR) is 151 cm³/mol. The summed E-state index contributed by atoms with van der Waals surface area (Å²) in [7, 11) is 1.58. The molecule has 5 rings (SSSR count). The molecule has 2 amide bonds. The number of carbonyl (C=O) groups excluding carboxylic acids is 2. The summed E-state index contributed by atoms with van der Waals surface area (Å²) >= 11 is 0. The lowest BCUT2D eigenvalue weighted by atomic mass is 9.90. The van der Waals surface area contributed by atoms with E-state index in [0.29, 0.717) is 36.1 Å². The molecule has 3 heterocycles. The van der Waals surface area contributed by atoms with Crippen LogP contribution in [0.2, 0.25) is 0 Å². The molecule has 0 saturated carbocycles. The summed E-state index contributed by atoms with van der Waals surface area (Å²) in [6, 6.07) is 11.9. The Bertz CT molecular complexity index is 1360. The number of hydrogen-bond acceptors (Lipinski definition) is 8. The fraction of sp³-hybridized carbons (Fsp3) is 0.379. The van der Waals surface area contributed by atoms with Gasteiger partial charge in [0.2, 0.25) is 0 Å². The van der Waals surface area contributed by atoms with Gasteiger partial charge in [-0.3, -0.25) is 9.59 Å². The number of primary amides is 1. The fourth-order valence-electron chi connectivity index (χ4n) is 5.28. The molecule has 0 spiro atoms. The Morgan fingerprint density at radius 1 is 1.12 bits per heavy atom. The van der Waals surface area contributed by atoms with Crippen molar-refractivity contribution in [2.75, 3.05) is 43.5 Å². The Morgan fingerprint density at radius 3 is 2.60 bits per heavy atom. The number of benzene rings is 2. The fourth-order valence-corrected chi connectivity index (χ4v) is 5.28. The quantitative estimate of drug-likeness (QED) is 0.337. The van der Waals surface area contributed by atoms with Crippen LogP contribution in [-0.2, 0) is 0 Å². The number of methoxy groups -OCH3 is 1. The molecule has 40 heavy (non-hydrogen) atoms. The van der Waals surface area contributed by atoms with E-state index in [1.54, 1.807) is 43.5 Å². The minimum Gasteiger partial charge on any atom is -0.497 e. The van der Waals surface area contributed by atoms with Gasteiger partial charge in [0.05, 0.1) is 19.0 Å². The molecule has 1 unspecified atom stereocenters. The van der Waals surface area contributed by atoms with Gasteiger partial charge in [-0.15, -0.1) is 0 Å². The maximum atomic E-state index is 15.1. The van der Waals surface area contributed by atoms with Crippen molar-refractivity contribution in [1.82, 2.24) is 20.6 Å². The van der Waals surface area contributed by atoms with E-state index in [9.17, 15) is 9.59 Å². The van der Waals surface area contributed by atoms with Crippen molar-refractivity contribution >= 4 is 29.1 Å². The Morgan fingerprint density at radius 2 is 1.90 bits per heavy atom. The molecule has 5 N–H and O–H groups in total. The van der Waals surface area contributed by atoms with Crippen LogP contribution in [-0.4, -0.2) is 61.1 Å². The van der Waals surface area contributed by atoms with Gasteiger partial charge >= 0.3 is 0 Å². The first-order valence-corrected chi connectivity index (χ1v) is 13.5. The number of ether oxygens (including phenoxy) is 1. The van der Waals surface area contributed by atoms with E-state index < -0.39 is 11.7 Å². The van der Waals surface area contributed by atoms with Crippen molar-refractivity contribution < 1.29 is 18.7 Å². The molecule has 10 nitrogen and oxygen atoms in total. The minimum atomic E-state index is -0.767. The molecule has 1 aromatic heterocycles. The minimum absolute atomic E-state index is 0.0769. The monoisotopic (exact) mass is 547 g/mol. The largest absolute Gasteiger partial charge is 0.497 e. The number of piperidine rings is 2. The Balaban J connectivity index is 1.30. The summed E-state index contributed by atoms with van der Waals surface area (Å²) in [5, 5.41) is 9.34. The number of hydrogen-bond donors (Lipinski definition) is 4. The molecule has 0 radical (unpaired) electrons. The highest BCUT2D eigenvalue weighted by Gasteiger charge is 2.25. The van der Waals surface area contributed by atoms with Gasteiger partial charge in [-0.25, -0.2) is 14.4 Å². The number of halogens is 1. The third-order valence-electron chi connectivity index (χ3n) is 7.48. The van der Waals surface area contributed by atoms with Gasteiger partial charge in [0.1, 0.15) is 17.4 Å². The van der Waals surface area contributed by atoms with Crippen molar-refractivity contribution in [3.8, 4) is 5.75 Å². The van der Waals surface area contributed by atoms with Crippen LogP contribution in [0, 0.1) is 5.82 Å². The zero-order valence-electron chi connectivity index (χ0n) is 22.5. The van der Waals surface area contributed by atoms with E-state index in [-0.39, 0.29) is 29.1 Å². The molecule has 2 fully saturated rings. The lowest BCUT2D eigenvalue weighted by Crippen LogP contribution is -2.48. The molecular weight excluding hydrogens is 513 g/mol. The molecule has 3 aromatic rings. The van der Waals surface area contributed by atoms with E-state index in [4.69, 9.17) is 10.5 Å². The molecule has 0 bridgehead atoms. The smallest absolute Gasteiger partial charge is 0.271 e. The van der Waals surface area contributed by atoms with Gasteiger partial charge < -0.3 is 31.3 Å². The Kier molecular flexibility index (Phi) is 8.40. The summed E-state index contributed by atoms with van der Waals surface area (Å²) in [6.07, 6.45) is 5.04. The summed E-state index contributed by atoms with van der Waals surface area (Å²) in [6.45, 7) is 3.03. The number of nitrogens with one attached hydrogen (secondary N) is 3. The first-order chi connectivity index (χ1) is 19.4. The number of nitrogens with zero attached hydrogens (tertiary/aromatic N) is 3. The van der Waals surface area contributed by atoms with E-state index in [1.807, 2.05) is 11.0 Å². The normalized spacial score (nSPS) is 17.8. The number of anilines is 3. The molecule has 2 aliphatic heterocycles. The number of amides is 2. The van der Waals surface area contributed by atoms with Crippen LogP contribution in [0.3, 0.4) is 0 Å². The average Bonchev–Trinajstić information content (AvgIpc) is 2.98. The third-order valence-corrected chi connectivity index (χ3v) is 7.48. The molecule has 2 aromatic carbocycles. The zero-order valence-corrected chi connectivity index (χ0v) is 22.5. The van der Waals surface area contributed by atoms with Crippen LogP contribution < -0.4 is 31.3 Å². The van der Waals surface area contributed by atoms with Crippen molar-refractivity contribution in [1.29, 1.82) is 0 Å². The molecule has 0 aliphatic carbocycles. The van der Waals surface area contributed by atoms with E-state index >= 15 is 4.39 Å². The second-order valence-electron chi connectivity index (χ2n) is 10.2. The SMILES string of the molecule is COc1ccc(C(=O)NC2CCCN(c3cnc(C(N)=O)c(Nc4ccc(C5CCNCC5)cc4F)n3)C2)cc1. The van der Waals surface area contributed by atoms with Crippen molar-refractivity contribution in [2.45, 2.75) is 37.6 Å². The van der Waals surface area contributed by atoms with Crippen LogP contribution in [0.15, 0.2) is 48.7 Å². The number of carbonyl (C=O) groups is 2. The topological polar surface area (TPSA) is 134 Å². The predicted octanol–water partition coefficient (Wildman–Crippen LogP) is 3.33. The zero-order chi connectivity index (χ0) is 28.1. The number of rotatable bonds is 8. The van der Waals surface area contributed by atoms with Crippen molar-refractivity contribution in [3.05, 3.63) is 71.3 Å². The first-order valence-electron chi connectivity index (χ1n) is 13.5. The van der Waals surface area contributed by atoms with Crippen LogP contribution in [0.1, 0.15) is 58.0 Å². The highest BCUT2D eigenvalue weighted by atomic mass is 19.1. The second kappa shape index (κ2) is 12.3. The molecular formula is C29H34FN7O3. The van der Waals surface area contributed by atoms with Gasteiger partial charge in [0.25, 0.3) is 11.8 Å². The van der Waals surface area contributed by atoms with Crippen molar-refractivity contribution in [2.24, 2.45) is 5.73 Å². The third kappa shape index (κ3) is 6.31. The van der Waals surface area contributed by atoms with Crippen molar-refractivity contribution in [3.63, 3.8) is 0 Å². The Hall–Kier alpha value is -4.25. The van der Waals surface area contributed by atoms with Crippen LogP contribution in [0.25, 0.3) is 0 Å². The average molecular weight is 548 g/mol. The molecule has 2 aliphatic rings. The number of aromatic nitrogens is 2. The maximum absolute atomic E-state index is 15.1. The Labute approximate surface area is 232 Å². The summed E-state index contributed by atoms with van der Waals surface area (Å²) in [5.74, 6) is 0.210. The number of nitrogens with two attached hydrogens (primary N) is 1. The second-order valence-corrected chi connectivity index (χ2v) is 10.2. The van der Waals surface area contributed by atoms with Crippen LogP contribution >= 0.6 is 0 Å². The van der Waals surface area contributed by atoms with Gasteiger partial charge in [-0.1, -0.05) is 6.07 Å². The molecule has 2 saturated heterocycles. The summed E-state index contributed by atoms with van der Waals surface area (Å²) < 4.78 is 20.3. The van der Waals surface area contributed by atoms with E-state index in [1.165, 1.54) is 6.20 Å². The lowest BCUT2D eigenvalue weighted by molar-refractivity contribution is 0.0931. The maximum Gasteiger partial charge on any atom is 0.271 e. The highest BCUT2D eigenvalue weighted by molar-refractivity contribution is 5.96. The first kappa shape index (κ1) is 27.3. The standard InChI is InChI=1S/C29H34FN7O3/c1-40-22-7-4-19(5-8-22)29(39)34-21-3-2-14-37(17-21)25-16-33-26(27(31)38)28(36-25)35-24-9-6-20(15-23(24)30)18-10-12-32-13-11-18/h4-9,15-16,18,21,32H,2-3,10-14,17H2,1H3,(H2,31,38)(H,34,39)(H,35,36). The van der Waals surface area contributed by atoms with Gasteiger partial charge in [0.15, 0.2) is 11.5 Å². The van der Waals surface area contributed by atoms with Crippen LogP contribution in [0.4, 0.5) is 21.7 Å². The lowest BCUT2D eigenvalue weighted by Gasteiger charge is -2.34. The van der Waals surface area contributed by atoms with E-state index in [2.05, 4.69) is 25.9 Å². The van der Waals surface area contributed by atoms with Gasteiger partial charge in [0, 0.05) is 24.7 Å². The molecule has 210 valence electrons. The summed E-state index contributed by atoms with van der Waals surface area (Å²) in [5.41, 5.74) is 7.17. The van der Waals surface area contributed by atoms with Crippen LogP contribution in [0.5, 0.6) is 5.75 Å². The highest BCUT2D eigenvalue weighted by Crippen LogP contribution is 2.30. The molecule has 11 heteroatoms. The summed E-state index contributed by atoms with van der Waals surface area (Å²) in [4.78, 5) is 35.7. The van der Waals surface area contributed by atoms with E-state index in [0.717, 1.165) is 44.3 Å².